The summed E-state index contributed by atoms with van der Waals surface area (Å²) in [7, 11) is 2.14. The molecule has 0 unspecified atom stereocenters. The molecule has 0 aliphatic carbocycles. The van der Waals surface area contributed by atoms with Gasteiger partial charge in [0, 0.05) is 30.9 Å². The molecule has 1 aliphatic rings. The largest absolute Gasteiger partial charge is 0.326 e. The van der Waals surface area contributed by atoms with Crippen LogP contribution in [0.3, 0.4) is 0 Å². The van der Waals surface area contributed by atoms with E-state index >= 15 is 0 Å². The van der Waals surface area contributed by atoms with Gasteiger partial charge in [-0.2, -0.15) is 0 Å². The van der Waals surface area contributed by atoms with Gasteiger partial charge in [-0.3, -0.25) is 0 Å². The molecule has 1 fully saturated rings. The molecule has 3 aromatic heterocycles. The molecule has 0 saturated carbocycles. The fraction of sp³-hybridized carbons (Fsp3) is 0.333. The second-order valence-corrected chi connectivity index (χ2v) is 9.55. The zero-order valence-electron chi connectivity index (χ0n) is 20.9. The third-order valence-corrected chi connectivity index (χ3v) is 6.49. The Morgan fingerprint density at radius 2 is 1.78 bits per heavy atom. The van der Waals surface area contributed by atoms with Crippen LogP contribution in [0.1, 0.15) is 44.1 Å². The summed E-state index contributed by atoms with van der Waals surface area (Å²) >= 11 is 0. The van der Waals surface area contributed by atoms with Gasteiger partial charge in [-0.25, -0.2) is 28.7 Å². The first-order valence-electron chi connectivity index (χ1n) is 12.1. The number of nitrogens with zero attached hydrogens (tertiary/aromatic N) is 6. The maximum absolute atomic E-state index is 14.9. The van der Waals surface area contributed by atoms with E-state index in [1.54, 1.807) is 12.3 Å². The molecule has 1 saturated heterocycles. The Labute approximate surface area is 208 Å². The molecule has 5 rings (SSSR count). The topological polar surface area (TPSA) is 71.8 Å². The van der Waals surface area contributed by atoms with Crippen molar-refractivity contribution >= 4 is 28.9 Å². The van der Waals surface area contributed by atoms with Crippen molar-refractivity contribution < 1.29 is 8.78 Å². The van der Waals surface area contributed by atoms with E-state index in [9.17, 15) is 8.78 Å². The molecule has 36 heavy (non-hydrogen) atoms. The van der Waals surface area contributed by atoms with Crippen LogP contribution in [0, 0.1) is 18.6 Å². The van der Waals surface area contributed by atoms with Crippen LogP contribution in [0.4, 0.5) is 20.5 Å². The number of halogens is 2. The van der Waals surface area contributed by atoms with Crippen LogP contribution in [0.5, 0.6) is 0 Å². The SMILES string of the molecule is Cc1nc2c(F)cc(-c3nc(Nc4ccc(C=C5CCN(C)CC5)cn4)ncc3F)cc2n1C(C)C. The number of imidazole rings is 1. The molecule has 0 radical (unpaired) electrons. The molecule has 1 aliphatic heterocycles. The van der Waals surface area contributed by atoms with Crippen molar-refractivity contribution in [1.29, 1.82) is 0 Å². The number of pyridine rings is 1. The fourth-order valence-electron chi connectivity index (χ4n) is 4.65. The highest BCUT2D eigenvalue weighted by Crippen LogP contribution is 2.30. The van der Waals surface area contributed by atoms with E-state index in [4.69, 9.17) is 0 Å². The lowest BCUT2D eigenvalue weighted by Gasteiger charge is -2.24. The Hall–Kier alpha value is -3.72. The van der Waals surface area contributed by atoms with Crippen molar-refractivity contribution in [3.8, 4) is 11.3 Å². The molecule has 0 atom stereocenters. The van der Waals surface area contributed by atoms with Crippen LogP contribution in [0.25, 0.3) is 28.4 Å². The number of aromatic nitrogens is 5. The third kappa shape index (κ3) is 4.83. The van der Waals surface area contributed by atoms with Crippen LogP contribution in [0.15, 0.2) is 42.2 Å². The normalized spacial score (nSPS) is 14.6. The molecule has 186 valence electrons. The lowest BCUT2D eigenvalue weighted by molar-refractivity contribution is 0.313. The second kappa shape index (κ2) is 9.73. The standard InChI is InChI=1S/C27H29F2N7/c1-16(2)36-17(3)32-26-21(28)12-20(13-23(26)36)25-22(29)15-31-27(34-25)33-24-6-5-19(14-30-24)11-18-7-9-35(4)10-8-18/h5-6,11-16H,7-10H2,1-4H3,(H,30,31,33,34). The third-order valence-electron chi connectivity index (χ3n) is 6.49. The molecule has 0 bridgehead atoms. The highest BCUT2D eigenvalue weighted by atomic mass is 19.1. The summed E-state index contributed by atoms with van der Waals surface area (Å²) in [5.41, 5.74) is 3.63. The van der Waals surface area contributed by atoms with Gasteiger partial charge in [0.05, 0.1) is 11.7 Å². The van der Waals surface area contributed by atoms with Crippen molar-refractivity contribution in [2.24, 2.45) is 0 Å². The van der Waals surface area contributed by atoms with Gasteiger partial charge in [-0.1, -0.05) is 11.6 Å². The predicted octanol–water partition coefficient (Wildman–Crippen LogP) is 5.91. The summed E-state index contributed by atoms with van der Waals surface area (Å²) in [5.74, 6) is 0.248. The van der Waals surface area contributed by atoms with Crippen molar-refractivity contribution in [1.82, 2.24) is 29.4 Å². The first-order chi connectivity index (χ1) is 17.3. The molecule has 4 heterocycles. The number of nitrogens with one attached hydrogen (secondary N) is 1. The molecular formula is C27H29F2N7. The maximum atomic E-state index is 14.9. The lowest BCUT2D eigenvalue weighted by atomic mass is 10.0. The van der Waals surface area contributed by atoms with Crippen molar-refractivity contribution in [2.45, 2.75) is 39.7 Å². The molecule has 0 spiro atoms. The second-order valence-electron chi connectivity index (χ2n) is 9.55. The number of piperidine rings is 1. The maximum Gasteiger partial charge on any atom is 0.229 e. The number of likely N-dealkylation sites (tertiary alicyclic amines) is 1. The number of hydrogen-bond acceptors (Lipinski definition) is 6. The van der Waals surface area contributed by atoms with Crippen LogP contribution in [-0.4, -0.2) is 49.5 Å². The summed E-state index contributed by atoms with van der Waals surface area (Å²) in [6.07, 6.45) is 7.18. The number of benzene rings is 1. The summed E-state index contributed by atoms with van der Waals surface area (Å²) in [5, 5.41) is 3.02. The molecule has 4 aromatic rings. The monoisotopic (exact) mass is 489 g/mol. The van der Waals surface area contributed by atoms with Gasteiger partial charge in [-0.15, -0.1) is 0 Å². The molecule has 1 aromatic carbocycles. The van der Waals surface area contributed by atoms with Gasteiger partial charge in [0.15, 0.2) is 11.6 Å². The van der Waals surface area contributed by atoms with Crippen molar-refractivity contribution in [3.05, 3.63) is 65.3 Å². The summed E-state index contributed by atoms with van der Waals surface area (Å²) in [6, 6.07) is 6.86. The zero-order valence-corrected chi connectivity index (χ0v) is 20.9. The fourth-order valence-corrected chi connectivity index (χ4v) is 4.65. The van der Waals surface area contributed by atoms with Gasteiger partial charge in [0.2, 0.25) is 5.95 Å². The molecule has 1 N–H and O–H groups in total. The average molecular weight is 490 g/mol. The average Bonchev–Trinajstić information content (AvgIpc) is 3.19. The van der Waals surface area contributed by atoms with Gasteiger partial charge >= 0.3 is 0 Å². The van der Waals surface area contributed by atoms with Crippen LogP contribution >= 0.6 is 0 Å². The summed E-state index contributed by atoms with van der Waals surface area (Å²) in [4.78, 5) is 19.5. The highest BCUT2D eigenvalue weighted by molar-refractivity contribution is 5.83. The van der Waals surface area contributed by atoms with Crippen molar-refractivity contribution in [3.63, 3.8) is 0 Å². The van der Waals surface area contributed by atoms with E-state index in [-0.39, 0.29) is 23.2 Å². The molecular weight excluding hydrogens is 460 g/mol. The van der Waals surface area contributed by atoms with Gasteiger partial charge in [0.25, 0.3) is 0 Å². The Morgan fingerprint density at radius 1 is 1.00 bits per heavy atom. The van der Waals surface area contributed by atoms with E-state index in [1.807, 2.05) is 37.5 Å². The number of anilines is 2. The Bertz CT molecular complexity index is 1430. The first kappa shape index (κ1) is 24.0. The van der Waals surface area contributed by atoms with Crippen molar-refractivity contribution in [2.75, 3.05) is 25.5 Å². The first-order valence-corrected chi connectivity index (χ1v) is 12.1. The van der Waals surface area contributed by atoms with Gasteiger partial charge in [0.1, 0.15) is 22.9 Å². The Kier molecular flexibility index (Phi) is 6.49. The van der Waals surface area contributed by atoms with Crippen LogP contribution in [0.2, 0.25) is 0 Å². The Morgan fingerprint density at radius 3 is 2.47 bits per heavy atom. The smallest absolute Gasteiger partial charge is 0.229 e. The quantitative estimate of drug-likeness (QED) is 0.376. The van der Waals surface area contributed by atoms with Gasteiger partial charge in [-0.05, 0) is 70.5 Å². The molecule has 7 nitrogen and oxygen atoms in total. The van der Waals surface area contributed by atoms with Gasteiger partial charge < -0.3 is 14.8 Å². The minimum Gasteiger partial charge on any atom is -0.326 e. The zero-order chi connectivity index (χ0) is 25.4. The summed E-state index contributed by atoms with van der Waals surface area (Å²) in [6.45, 7) is 7.95. The van der Waals surface area contributed by atoms with E-state index in [0.717, 1.165) is 37.7 Å². The molecule has 0 amide bonds. The number of rotatable bonds is 5. The minimum atomic E-state index is -0.639. The summed E-state index contributed by atoms with van der Waals surface area (Å²) < 4.78 is 31.6. The predicted molar refractivity (Wildman–Crippen MR) is 138 cm³/mol. The lowest BCUT2D eigenvalue weighted by Crippen LogP contribution is -2.26. The number of aryl methyl sites for hydroxylation is 1. The van der Waals surface area contributed by atoms with Crippen LogP contribution < -0.4 is 5.32 Å². The highest BCUT2D eigenvalue weighted by Gasteiger charge is 2.18. The molecule has 9 heteroatoms. The van der Waals surface area contributed by atoms with E-state index in [2.05, 4.69) is 43.3 Å². The van der Waals surface area contributed by atoms with Crippen LogP contribution in [-0.2, 0) is 0 Å². The van der Waals surface area contributed by atoms with E-state index < -0.39 is 11.6 Å². The number of fused-ring (bicyclic) bond motifs is 1. The Balaban J connectivity index is 1.41. The minimum absolute atomic E-state index is 0.00563. The number of hydrogen-bond donors (Lipinski definition) is 1. The van der Waals surface area contributed by atoms with E-state index in [0.29, 0.717) is 22.7 Å². The van der Waals surface area contributed by atoms with E-state index in [1.165, 1.54) is 11.6 Å².